The molecule has 1 nitrogen and oxygen atoms in total. The SMILES string of the molecule is c1ccc(-c2ccccc2N(c2ccc3c(c2)-c2ccccc2-c2ccccc2C32c3ccccc3-c3cc4sc5ccccc5c4cc32)c2ccccc2-c2ccccc2)cc1. The van der Waals surface area contributed by atoms with Crippen molar-refractivity contribution >= 4 is 48.6 Å². The van der Waals surface area contributed by atoms with Crippen LogP contribution in [0.25, 0.3) is 75.8 Å². The van der Waals surface area contributed by atoms with E-state index in [1.807, 2.05) is 11.3 Å². The van der Waals surface area contributed by atoms with Gasteiger partial charge in [0.2, 0.25) is 0 Å². The minimum atomic E-state index is -0.596. The van der Waals surface area contributed by atoms with E-state index in [-0.39, 0.29) is 0 Å². The van der Waals surface area contributed by atoms with Crippen LogP contribution in [-0.2, 0) is 5.41 Å². The molecule has 294 valence electrons. The third kappa shape index (κ3) is 5.29. The third-order valence-electron chi connectivity index (χ3n) is 13.5. The Morgan fingerprint density at radius 3 is 1.38 bits per heavy atom. The number of anilines is 3. The number of para-hydroxylation sites is 2. The fourth-order valence-electron chi connectivity index (χ4n) is 10.9. The fourth-order valence-corrected chi connectivity index (χ4v) is 12.0. The highest BCUT2D eigenvalue weighted by atomic mass is 32.1. The molecule has 11 aromatic rings. The zero-order valence-corrected chi connectivity index (χ0v) is 35.2. The van der Waals surface area contributed by atoms with Crippen LogP contribution in [0.5, 0.6) is 0 Å². The van der Waals surface area contributed by atoms with E-state index < -0.39 is 5.41 Å². The summed E-state index contributed by atoms with van der Waals surface area (Å²) in [6.45, 7) is 0. The van der Waals surface area contributed by atoms with Crippen LogP contribution in [0.2, 0.25) is 0 Å². The summed E-state index contributed by atoms with van der Waals surface area (Å²) in [7, 11) is 0. The number of thiophene rings is 1. The molecule has 0 saturated carbocycles. The van der Waals surface area contributed by atoms with Gasteiger partial charge in [-0.3, -0.25) is 0 Å². The Morgan fingerprint density at radius 1 is 0.286 bits per heavy atom. The second-order valence-electron chi connectivity index (χ2n) is 16.7. The van der Waals surface area contributed by atoms with Gasteiger partial charge in [0, 0.05) is 37.0 Å². The van der Waals surface area contributed by atoms with Gasteiger partial charge < -0.3 is 4.90 Å². The van der Waals surface area contributed by atoms with Crippen LogP contribution in [0.1, 0.15) is 22.3 Å². The van der Waals surface area contributed by atoms with Gasteiger partial charge in [-0.2, -0.15) is 0 Å². The van der Waals surface area contributed by atoms with Crippen LogP contribution in [-0.4, -0.2) is 0 Å². The lowest BCUT2D eigenvalue weighted by atomic mass is 9.65. The molecule has 0 fully saturated rings. The quantitative estimate of drug-likeness (QED) is 0.167. The van der Waals surface area contributed by atoms with Crippen molar-refractivity contribution in [3.63, 3.8) is 0 Å². The Bertz CT molecular complexity index is 3500. The summed E-state index contributed by atoms with van der Waals surface area (Å²) < 4.78 is 2.65. The van der Waals surface area contributed by atoms with Crippen molar-refractivity contribution in [3.8, 4) is 55.6 Å². The van der Waals surface area contributed by atoms with E-state index in [0.29, 0.717) is 0 Å². The summed E-state index contributed by atoms with van der Waals surface area (Å²) in [4.78, 5) is 2.50. The molecule has 0 radical (unpaired) electrons. The van der Waals surface area contributed by atoms with E-state index in [4.69, 9.17) is 0 Å². The minimum Gasteiger partial charge on any atom is -0.309 e. The van der Waals surface area contributed by atoms with Crippen LogP contribution in [0, 0.1) is 0 Å². The van der Waals surface area contributed by atoms with Gasteiger partial charge >= 0.3 is 0 Å². The van der Waals surface area contributed by atoms with E-state index in [2.05, 4.69) is 241 Å². The van der Waals surface area contributed by atoms with Crippen molar-refractivity contribution in [2.24, 2.45) is 0 Å². The van der Waals surface area contributed by atoms with Crippen molar-refractivity contribution in [2.75, 3.05) is 4.90 Å². The van der Waals surface area contributed by atoms with Gasteiger partial charge in [-0.1, -0.05) is 194 Å². The van der Waals surface area contributed by atoms with E-state index in [9.17, 15) is 0 Å². The Balaban J connectivity index is 1.15. The maximum Gasteiger partial charge on any atom is 0.0725 e. The number of fused-ring (bicyclic) bond motifs is 15. The van der Waals surface area contributed by atoms with E-state index in [1.165, 1.54) is 98.1 Å². The molecule has 63 heavy (non-hydrogen) atoms. The number of rotatable bonds is 5. The smallest absolute Gasteiger partial charge is 0.0725 e. The van der Waals surface area contributed by atoms with Crippen molar-refractivity contribution < 1.29 is 0 Å². The molecule has 0 N–H and O–H groups in total. The zero-order chi connectivity index (χ0) is 41.5. The summed E-state index contributed by atoms with van der Waals surface area (Å²) in [6, 6.07) is 88.1. The number of hydrogen-bond acceptors (Lipinski definition) is 2. The second kappa shape index (κ2) is 14.1. The second-order valence-corrected chi connectivity index (χ2v) is 17.8. The maximum absolute atomic E-state index is 2.55. The fraction of sp³-hybridized carbons (Fsp3) is 0.0164. The van der Waals surface area contributed by atoms with Gasteiger partial charge in [-0.15, -0.1) is 11.3 Å². The average Bonchev–Trinajstić information content (AvgIpc) is 3.83. The molecule has 1 spiro atoms. The highest BCUT2D eigenvalue weighted by molar-refractivity contribution is 7.25. The Kier molecular flexibility index (Phi) is 8.06. The molecule has 2 heteroatoms. The van der Waals surface area contributed by atoms with Crippen LogP contribution in [0.15, 0.2) is 237 Å². The van der Waals surface area contributed by atoms with E-state index in [1.54, 1.807) is 0 Å². The molecule has 10 aromatic carbocycles. The lowest BCUT2D eigenvalue weighted by molar-refractivity contribution is 0.776. The summed E-state index contributed by atoms with van der Waals surface area (Å²) in [5, 5.41) is 2.64. The van der Waals surface area contributed by atoms with Gasteiger partial charge in [0.25, 0.3) is 0 Å². The van der Waals surface area contributed by atoms with Crippen LogP contribution in [0.3, 0.4) is 0 Å². The van der Waals surface area contributed by atoms with E-state index in [0.717, 1.165) is 17.1 Å². The predicted octanol–water partition coefficient (Wildman–Crippen LogP) is 16.9. The molecule has 1 atom stereocenters. The average molecular weight is 818 g/mol. The van der Waals surface area contributed by atoms with Gasteiger partial charge in [-0.05, 0) is 109 Å². The topological polar surface area (TPSA) is 3.24 Å². The number of hydrogen-bond donors (Lipinski definition) is 0. The molecule has 0 amide bonds. The van der Waals surface area contributed by atoms with Gasteiger partial charge in [0.05, 0.1) is 16.8 Å². The van der Waals surface area contributed by atoms with Crippen molar-refractivity contribution in [3.05, 3.63) is 259 Å². The standard InChI is InChI=1S/C61H39NS/c1-3-19-40(20-4-1)43-23-11-16-32-57(43)62(58-33-17-12-24-44(58)41-21-5-2-6-22-41)42-35-36-55-50(37-42)46-26-8-7-25-45(46)47-27-9-14-30-53(47)61(55)54-31-15-10-28-48(54)51-39-60-52(38-56(51)61)49-29-13-18-34-59(49)63-60/h1-39H. The summed E-state index contributed by atoms with van der Waals surface area (Å²) in [6.07, 6.45) is 0. The predicted molar refractivity (Wildman–Crippen MR) is 267 cm³/mol. The maximum atomic E-state index is 2.55. The Labute approximate surface area is 371 Å². The first-order valence-corrected chi connectivity index (χ1v) is 22.6. The molecule has 1 unspecified atom stereocenters. The first-order valence-electron chi connectivity index (χ1n) is 21.8. The molecule has 0 saturated heterocycles. The largest absolute Gasteiger partial charge is 0.309 e. The van der Waals surface area contributed by atoms with E-state index >= 15 is 0 Å². The molecule has 1 heterocycles. The van der Waals surface area contributed by atoms with Crippen molar-refractivity contribution in [1.82, 2.24) is 0 Å². The monoisotopic (exact) mass is 817 g/mol. The summed E-state index contributed by atoms with van der Waals surface area (Å²) in [5.74, 6) is 0. The van der Waals surface area contributed by atoms with Crippen LogP contribution < -0.4 is 4.90 Å². The number of benzene rings is 10. The van der Waals surface area contributed by atoms with Crippen LogP contribution in [0.4, 0.5) is 17.1 Å². The lowest BCUT2D eigenvalue weighted by Crippen LogP contribution is -2.29. The number of nitrogens with zero attached hydrogens (tertiary/aromatic N) is 1. The van der Waals surface area contributed by atoms with Gasteiger partial charge in [0.15, 0.2) is 0 Å². The first-order chi connectivity index (χ1) is 31.3. The summed E-state index contributed by atoms with van der Waals surface area (Å²) in [5.41, 5.74) is 20.3. The molecule has 0 bridgehead atoms. The molecule has 13 rings (SSSR count). The Hall–Kier alpha value is -7.78. The molecule has 1 aromatic heterocycles. The molecule has 0 aliphatic heterocycles. The molecule has 2 aliphatic carbocycles. The Morgan fingerprint density at radius 2 is 0.746 bits per heavy atom. The first kappa shape index (κ1) is 35.9. The molecular weight excluding hydrogens is 779 g/mol. The van der Waals surface area contributed by atoms with Crippen molar-refractivity contribution in [1.29, 1.82) is 0 Å². The van der Waals surface area contributed by atoms with Crippen LogP contribution >= 0.6 is 11.3 Å². The third-order valence-corrected chi connectivity index (χ3v) is 14.6. The highest BCUT2D eigenvalue weighted by Crippen LogP contribution is 2.63. The van der Waals surface area contributed by atoms with Crippen molar-refractivity contribution in [2.45, 2.75) is 5.41 Å². The molecular formula is C61H39NS. The minimum absolute atomic E-state index is 0.596. The van der Waals surface area contributed by atoms with Gasteiger partial charge in [-0.25, -0.2) is 0 Å². The zero-order valence-electron chi connectivity index (χ0n) is 34.4. The molecule has 2 aliphatic rings. The van der Waals surface area contributed by atoms with Gasteiger partial charge in [0.1, 0.15) is 0 Å². The highest BCUT2D eigenvalue weighted by Gasteiger charge is 2.50. The lowest BCUT2D eigenvalue weighted by Gasteiger charge is -2.36. The summed E-state index contributed by atoms with van der Waals surface area (Å²) >= 11 is 1.90. The normalized spacial score (nSPS) is 14.4.